The van der Waals surface area contributed by atoms with Gasteiger partial charge in [-0.15, -0.1) is 0 Å². The van der Waals surface area contributed by atoms with Gasteiger partial charge < -0.3 is 25.2 Å². The first-order valence-corrected chi connectivity index (χ1v) is 8.52. The minimum Gasteiger partial charge on any atom is -0.385 e. The number of nitrogens with one attached hydrogen (secondary N) is 2. The van der Waals surface area contributed by atoms with Crippen molar-refractivity contribution in [1.82, 2.24) is 20.4 Å². The summed E-state index contributed by atoms with van der Waals surface area (Å²) in [5.74, 6) is 0.893. The van der Waals surface area contributed by atoms with Gasteiger partial charge in [0.2, 0.25) is 0 Å². The van der Waals surface area contributed by atoms with Crippen LogP contribution in [0.1, 0.15) is 26.7 Å². The molecule has 6 nitrogen and oxygen atoms in total. The lowest BCUT2D eigenvalue weighted by Gasteiger charge is -2.19. The summed E-state index contributed by atoms with van der Waals surface area (Å²) in [5.41, 5.74) is 0. The molecule has 0 heterocycles. The molecule has 22 heavy (non-hydrogen) atoms. The molecular weight excluding hydrogens is 278 g/mol. The standard InChI is InChI=1S/C16H37N5O/c1-6-21(7-2)13-8-10-18-16(17-3)19-11-14-20(4)12-9-15-22-5/h6-15H2,1-5H3,(H2,17,18,19). The molecule has 0 saturated carbocycles. The van der Waals surface area contributed by atoms with Gasteiger partial charge in [0.1, 0.15) is 0 Å². The third-order valence-electron chi connectivity index (χ3n) is 3.74. The van der Waals surface area contributed by atoms with Gasteiger partial charge in [-0.2, -0.15) is 0 Å². The first kappa shape index (κ1) is 21.1. The zero-order chi connectivity index (χ0) is 16.6. The monoisotopic (exact) mass is 315 g/mol. The average molecular weight is 316 g/mol. The van der Waals surface area contributed by atoms with Crippen LogP contribution >= 0.6 is 0 Å². The minimum absolute atomic E-state index is 0.827. The summed E-state index contributed by atoms with van der Waals surface area (Å²) in [6.45, 7) is 12.6. The maximum absolute atomic E-state index is 5.07. The zero-order valence-corrected chi connectivity index (χ0v) is 15.3. The lowest BCUT2D eigenvalue weighted by atomic mass is 10.3. The maximum Gasteiger partial charge on any atom is 0.191 e. The van der Waals surface area contributed by atoms with Gasteiger partial charge in [0, 0.05) is 46.9 Å². The topological polar surface area (TPSA) is 52.1 Å². The van der Waals surface area contributed by atoms with E-state index in [1.807, 2.05) is 7.05 Å². The average Bonchev–Trinajstić information content (AvgIpc) is 2.53. The fraction of sp³-hybridized carbons (Fsp3) is 0.938. The fourth-order valence-electron chi connectivity index (χ4n) is 2.23. The number of guanidine groups is 1. The Morgan fingerprint density at radius 2 is 1.68 bits per heavy atom. The number of likely N-dealkylation sites (N-methyl/N-ethyl adjacent to an activating group) is 1. The van der Waals surface area contributed by atoms with Gasteiger partial charge in [-0.3, -0.25) is 4.99 Å². The van der Waals surface area contributed by atoms with Crippen molar-refractivity contribution in [3.8, 4) is 0 Å². The highest BCUT2D eigenvalue weighted by atomic mass is 16.5. The summed E-state index contributed by atoms with van der Waals surface area (Å²) in [7, 11) is 5.71. The van der Waals surface area contributed by atoms with Crippen LogP contribution in [0.25, 0.3) is 0 Å². The Labute approximate surface area is 137 Å². The quantitative estimate of drug-likeness (QED) is 0.300. The van der Waals surface area contributed by atoms with Gasteiger partial charge in [0.25, 0.3) is 0 Å². The molecule has 0 amide bonds. The van der Waals surface area contributed by atoms with Crippen molar-refractivity contribution in [2.45, 2.75) is 26.7 Å². The second-order valence-electron chi connectivity index (χ2n) is 5.46. The first-order chi connectivity index (χ1) is 10.7. The van der Waals surface area contributed by atoms with Crippen molar-refractivity contribution < 1.29 is 4.74 Å². The van der Waals surface area contributed by atoms with Crippen molar-refractivity contribution >= 4 is 5.96 Å². The minimum atomic E-state index is 0.827. The van der Waals surface area contributed by atoms with Gasteiger partial charge in [0.05, 0.1) is 0 Å². The van der Waals surface area contributed by atoms with Crippen LogP contribution in [0.5, 0.6) is 0 Å². The highest BCUT2D eigenvalue weighted by Gasteiger charge is 2.01. The predicted octanol–water partition coefficient (Wildman–Crippen LogP) is 0.852. The molecule has 0 fully saturated rings. The molecule has 0 aromatic heterocycles. The number of methoxy groups -OCH3 is 1. The molecule has 0 spiro atoms. The molecule has 0 unspecified atom stereocenters. The molecule has 0 aromatic rings. The van der Waals surface area contributed by atoms with Crippen LogP contribution in [0, 0.1) is 0 Å². The second-order valence-corrected chi connectivity index (χ2v) is 5.46. The smallest absolute Gasteiger partial charge is 0.191 e. The summed E-state index contributed by atoms with van der Waals surface area (Å²) in [5, 5.41) is 6.73. The Morgan fingerprint density at radius 3 is 2.27 bits per heavy atom. The molecule has 0 saturated heterocycles. The molecule has 0 radical (unpaired) electrons. The van der Waals surface area contributed by atoms with E-state index in [9.17, 15) is 0 Å². The van der Waals surface area contributed by atoms with Crippen molar-refractivity contribution in [3.05, 3.63) is 0 Å². The largest absolute Gasteiger partial charge is 0.385 e. The molecule has 0 atom stereocenters. The Balaban J connectivity index is 3.67. The second kappa shape index (κ2) is 15.1. The Bertz CT molecular complexity index is 269. The first-order valence-electron chi connectivity index (χ1n) is 8.52. The van der Waals surface area contributed by atoms with Gasteiger partial charge in [-0.25, -0.2) is 0 Å². The summed E-state index contributed by atoms with van der Waals surface area (Å²) in [4.78, 5) is 9.00. The highest BCUT2D eigenvalue weighted by Crippen LogP contribution is 1.89. The molecule has 0 bridgehead atoms. The van der Waals surface area contributed by atoms with Crippen molar-refractivity contribution in [2.24, 2.45) is 4.99 Å². The number of ether oxygens (including phenoxy) is 1. The number of nitrogens with zero attached hydrogens (tertiary/aromatic N) is 3. The SMILES string of the molecule is CCN(CC)CCCNC(=NC)NCCN(C)CCCOC. The number of aliphatic imine (C=N–C) groups is 1. The third-order valence-corrected chi connectivity index (χ3v) is 3.74. The maximum atomic E-state index is 5.07. The predicted molar refractivity (Wildman–Crippen MR) is 95.8 cm³/mol. The van der Waals surface area contributed by atoms with Gasteiger partial charge in [0.15, 0.2) is 5.96 Å². The molecule has 2 N–H and O–H groups in total. The number of hydrogen-bond donors (Lipinski definition) is 2. The molecule has 0 aliphatic carbocycles. The van der Waals surface area contributed by atoms with E-state index < -0.39 is 0 Å². The van der Waals surface area contributed by atoms with E-state index in [1.54, 1.807) is 7.11 Å². The van der Waals surface area contributed by atoms with Crippen LogP contribution < -0.4 is 10.6 Å². The Morgan fingerprint density at radius 1 is 1.00 bits per heavy atom. The fourth-order valence-corrected chi connectivity index (χ4v) is 2.23. The van der Waals surface area contributed by atoms with E-state index in [0.717, 1.165) is 71.2 Å². The Kier molecular flexibility index (Phi) is 14.5. The number of hydrogen-bond acceptors (Lipinski definition) is 4. The van der Waals surface area contributed by atoms with Gasteiger partial charge in [-0.05, 0) is 39.5 Å². The van der Waals surface area contributed by atoms with Gasteiger partial charge in [-0.1, -0.05) is 13.8 Å². The third kappa shape index (κ3) is 11.8. The van der Waals surface area contributed by atoms with Crippen LogP contribution in [-0.4, -0.2) is 89.4 Å². The molecule has 0 aliphatic heterocycles. The van der Waals surface area contributed by atoms with Crippen LogP contribution in [0.4, 0.5) is 0 Å². The van der Waals surface area contributed by atoms with E-state index in [1.165, 1.54) is 0 Å². The molecule has 0 aliphatic rings. The molecule has 0 rings (SSSR count). The van der Waals surface area contributed by atoms with Crippen LogP contribution in [0.3, 0.4) is 0 Å². The molecule has 132 valence electrons. The van der Waals surface area contributed by atoms with Crippen LogP contribution in [0.15, 0.2) is 4.99 Å². The van der Waals surface area contributed by atoms with Crippen LogP contribution in [-0.2, 0) is 4.74 Å². The highest BCUT2D eigenvalue weighted by molar-refractivity contribution is 5.79. The van der Waals surface area contributed by atoms with Gasteiger partial charge >= 0.3 is 0 Å². The zero-order valence-electron chi connectivity index (χ0n) is 15.3. The van der Waals surface area contributed by atoms with Crippen molar-refractivity contribution in [1.29, 1.82) is 0 Å². The van der Waals surface area contributed by atoms with Crippen molar-refractivity contribution in [3.63, 3.8) is 0 Å². The van der Waals surface area contributed by atoms with E-state index >= 15 is 0 Å². The molecule has 6 heteroatoms. The lowest BCUT2D eigenvalue weighted by molar-refractivity contribution is 0.180. The number of rotatable bonds is 13. The van der Waals surface area contributed by atoms with Crippen molar-refractivity contribution in [2.75, 3.05) is 73.6 Å². The lowest BCUT2D eigenvalue weighted by Crippen LogP contribution is -2.42. The van der Waals surface area contributed by atoms with E-state index in [2.05, 4.69) is 46.3 Å². The summed E-state index contributed by atoms with van der Waals surface area (Å²) >= 11 is 0. The van der Waals surface area contributed by atoms with E-state index in [-0.39, 0.29) is 0 Å². The summed E-state index contributed by atoms with van der Waals surface area (Å²) in [6.07, 6.45) is 2.21. The normalized spacial score (nSPS) is 12.2. The molecular formula is C16H37N5O. The molecule has 0 aromatic carbocycles. The van der Waals surface area contributed by atoms with E-state index in [0.29, 0.717) is 0 Å². The van der Waals surface area contributed by atoms with Crippen LogP contribution in [0.2, 0.25) is 0 Å². The van der Waals surface area contributed by atoms with E-state index in [4.69, 9.17) is 4.74 Å². The Hall–Kier alpha value is -0.850. The summed E-state index contributed by atoms with van der Waals surface area (Å²) < 4.78 is 5.07. The summed E-state index contributed by atoms with van der Waals surface area (Å²) in [6, 6.07) is 0.